The van der Waals surface area contributed by atoms with Crippen LogP contribution < -0.4 is 0 Å². The number of carbonyl (C=O) groups excluding carboxylic acids is 1. The molecular formula is C18H30O5. The number of aliphatic carboxylic acids is 1. The molecule has 0 spiro atoms. The Morgan fingerprint density at radius 1 is 1.30 bits per heavy atom. The molecule has 0 bridgehead atoms. The normalized spacial score (nSPS) is 26.0. The molecule has 1 aliphatic carbocycles. The van der Waals surface area contributed by atoms with E-state index < -0.39 is 18.2 Å². The highest BCUT2D eigenvalue weighted by Gasteiger charge is 2.39. The number of carbonyl (C=O) groups is 2. The molecule has 1 saturated carbocycles. The number of allylic oxidation sites excluding steroid dienone is 1. The monoisotopic (exact) mass is 326 g/mol. The summed E-state index contributed by atoms with van der Waals surface area (Å²) in [6.07, 6.45) is 8.22. The average Bonchev–Trinajstić information content (AvgIpc) is 2.75. The number of ketones is 1. The zero-order valence-electron chi connectivity index (χ0n) is 14.0. The maximum atomic E-state index is 12.0. The van der Waals surface area contributed by atoms with Crippen LogP contribution in [0.2, 0.25) is 0 Å². The molecule has 0 aromatic carbocycles. The fourth-order valence-corrected chi connectivity index (χ4v) is 3.20. The number of Topliss-reactive ketones (excluding diaryl/α,β-unsaturated/α-hetero) is 1. The van der Waals surface area contributed by atoms with Crippen molar-refractivity contribution in [2.24, 2.45) is 11.8 Å². The van der Waals surface area contributed by atoms with Gasteiger partial charge in [-0.3, -0.25) is 9.59 Å². The average molecular weight is 326 g/mol. The Hall–Kier alpha value is -1.20. The predicted molar refractivity (Wildman–Crippen MR) is 88.0 cm³/mol. The molecule has 1 rings (SSSR count). The number of aliphatic hydroxyl groups is 2. The van der Waals surface area contributed by atoms with Gasteiger partial charge >= 0.3 is 5.97 Å². The van der Waals surface area contributed by atoms with Crippen molar-refractivity contribution >= 4 is 11.8 Å². The van der Waals surface area contributed by atoms with E-state index in [4.69, 9.17) is 5.11 Å². The van der Waals surface area contributed by atoms with Crippen molar-refractivity contribution in [3.63, 3.8) is 0 Å². The predicted octanol–water partition coefficient (Wildman–Crippen LogP) is 2.69. The maximum absolute atomic E-state index is 12.0. The van der Waals surface area contributed by atoms with E-state index >= 15 is 0 Å². The molecule has 3 N–H and O–H groups in total. The standard InChI is InChI=1S/C18H30O5/c1-2-3-4-7-13(19)10-11-15-14(16(20)12-17(15)21)8-5-6-9-18(22)23/h10-11,13-16,19-20H,2-9,12H2,1H3,(H,22,23)/b11-10+/t13-,14-,15-,16+/m1/s1. The number of aliphatic hydroxyl groups excluding tert-OH is 2. The Balaban J connectivity index is 2.48. The van der Waals surface area contributed by atoms with Crippen LogP contribution >= 0.6 is 0 Å². The Kier molecular flexibility index (Phi) is 9.10. The summed E-state index contributed by atoms with van der Waals surface area (Å²) in [7, 11) is 0. The molecule has 23 heavy (non-hydrogen) atoms. The summed E-state index contributed by atoms with van der Waals surface area (Å²) in [5, 5.41) is 28.6. The summed E-state index contributed by atoms with van der Waals surface area (Å²) < 4.78 is 0. The van der Waals surface area contributed by atoms with E-state index in [9.17, 15) is 19.8 Å². The molecule has 0 radical (unpaired) electrons. The van der Waals surface area contributed by atoms with Crippen molar-refractivity contribution in [1.29, 1.82) is 0 Å². The Labute approximate surface area is 138 Å². The maximum Gasteiger partial charge on any atom is 0.303 e. The van der Waals surface area contributed by atoms with Crippen LogP contribution in [0.5, 0.6) is 0 Å². The third-order valence-corrected chi connectivity index (χ3v) is 4.56. The largest absolute Gasteiger partial charge is 0.481 e. The molecule has 1 fully saturated rings. The highest BCUT2D eigenvalue weighted by atomic mass is 16.4. The van der Waals surface area contributed by atoms with Gasteiger partial charge in [0.25, 0.3) is 0 Å². The molecular weight excluding hydrogens is 296 g/mol. The molecule has 0 heterocycles. The summed E-state index contributed by atoms with van der Waals surface area (Å²) in [5.41, 5.74) is 0. The summed E-state index contributed by atoms with van der Waals surface area (Å²) in [5.74, 6) is -1.32. The van der Waals surface area contributed by atoms with E-state index in [2.05, 4.69) is 6.92 Å². The van der Waals surface area contributed by atoms with Gasteiger partial charge in [0, 0.05) is 18.8 Å². The molecule has 5 heteroatoms. The minimum Gasteiger partial charge on any atom is -0.481 e. The Bertz CT molecular complexity index is 404. The number of rotatable bonds is 11. The minimum atomic E-state index is -0.820. The van der Waals surface area contributed by atoms with E-state index in [0.29, 0.717) is 25.7 Å². The minimum absolute atomic E-state index is 0.0118. The van der Waals surface area contributed by atoms with Crippen molar-refractivity contribution in [1.82, 2.24) is 0 Å². The van der Waals surface area contributed by atoms with Gasteiger partial charge in [0.2, 0.25) is 0 Å². The fourth-order valence-electron chi connectivity index (χ4n) is 3.20. The van der Waals surface area contributed by atoms with Crippen LogP contribution in [-0.2, 0) is 9.59 Å². The summed E-state index contributed by atoms with van der Waals surface area (Å²) >= 11 is 0. The van der Waals surface area contributed by atoms with Crippen molar-refractivity contribution in [2.75, 3.05) is 0 Å². The summed E-state index contributed by atoms with van der Waals surface area (Å²) in [6, 6.07) is 0. The molecule has 0 saturated heterocycles. The van der Waals surface area contributed by atoms with Gasteiger partial charge in [0.15, 0.2) is 0 Å². The van der Waals surface area contributed by atoms with E-state index in [1.165, 1.54) is 0 Å². The SMILES string of the molecule is CCCCC[C@@H](O)/C=C/[C@H]1C(=O)C[C@H](O)[C@@H]1CCCCC(=O)O. The van der Waals surface area contributed by atoms with E-state index in [0.717, 1.165) is 19.3 Å². The number of carboxylic acid groups (broad SMARTS) is 1. The smallest absolute Gasteiger partial charge is 0.303 e. The fraction of sp³-hybridized carbons (Fsp3) is 0.778. The zero-order chi connectivity index (χ0) is 17.2. The first kappa shape index (κ1) is 19.8. The van der Waals surface area contributed by atoms with Crippen molar-refractivity contribution < 1.29 is 24.9 Å². The van der Waals surface area contributed by atoms with Gasteiger partial charge in [-0.05, 0) is 25.2 Å². The molecule has 0 aromatic heterocycles. The molecule has 0 aromatic rings. The topological polar surface area (TPSA) is 94.8 Å². The zero-order valence-corrected chi connectivity index (χ0v) is 14.0. The highest BCUT2D eigenvalue weighted by molar-refractivity contribution is 5.85. The lowest BCUT2D eigenvalue weighted by atomic mass is 9.88. The summed E-state index contributed by atoms with van der Waals surface area (Å²) in [4.78, 5) is 22.5. The van der Waals surface area contributed by atoms with Crippen LogP contribution in [0.25, 0.3) is 0 Å². The third-order valence-electron chi connectivity index (χ3n) is 4.56. The molecule has 4 atom stereocenters. The lowest BCUT2D eigenvalue weighted by molar-refractivity contribution is -0.137. The summed E-state index contributed by atoms with van der Waals surface area (Å²) in [6.45, 7) is 2.11. The second kappa shape index (κ2) is 10.6. The van der Waals surface area contributed by atoms with Crippen LogP contribution in [0.3, 0.4) is 0 Å². The van der Waals surface area contributed by atoms with Crippen LogP contribution in [0.4, 0.5) is 0 Å². The third kappa shape index (κ3) is 7.27. The first-order valence-corrected chi connectivity index (χ1v) is 8.74. The second-order valence-electron chi connectivity index (χ2n) is 6.51. The number of unbranched alkanes of at least 4 members (excludes halogenated alkanes) is 3. The van der Waals surface area contributed by atoms with Crippen LogP contribution in [0.15, 0.2) is 12.2 Å². The lowest BCUT2D eigenvalue weighted by Gasteiger charge is -2.18. The second-order valence-corrected chi connectivity index (χ2v) is 6.51. The van der Waals surface area contributed by atoms with E-state index in [1.54, 1.807) is 12.2 Å². The van der Waals surface area contributed by atoms with Crippen molar-refractivity contribution in [2.45, 2.75) is 76.9 Å². The number of hydrogen-bond donors (Lipinski definition) is 3. The van der Waals surface area contributed by atoms with Gasteiger partial charge in [0.1, 0.15) is 5.78 Å². The first-order chi connectivity index (χ1) is 11.0. The molecule has 132 valence electrons. The molecule has 0 amide bonds. The molecule has 5 nitrogen and oxygen atoms in total. The van der Waals surface area contributed by atoms with Crippen LogP contribution in [-0.4, -0.2) is 39.3 Å². The van der Waals surface area contributed by atoms with E-state index in [1.807, 2.05) is 0 Å². The molecule has 0 unspecified atom stereocenters. The van der Waals surface area contributed by atoms with Gasteiger partial charge < -0.3 is 15.3 Å². The molecule has 1 aliphatic rings. The van der Waals surface area contributed by atoms with Gasteiger partial charge in [-0.2, -0.15) is 0 Å². The first-order valence-electron chi connectivity index (χ1n) is 8.74. The van der Waals surface area contributed by atoms with Crippen molar-refractivity contribution in [3.05, 3.63) is 12.2 Å². The van der Waals surface area contributed by atoms with E-state index in [-0.39, 0.29) is 30.5 Å². The quantitative estimate of drug-likeness (QED) is 0.401. The van der Waals surface area contributed by atoms with Gasteiger partial charge in [-0.1, -0.05) is 44.8 Å². The Morgan fingerprint density at radius 3 is 2.70 bits per heavy atom. The van der Waals surface area contributed by atoms with Gasteiger partial charge in [-0.15, -0.1) is 0 Å². The highest BCUT2D eigenvalue weighted by Crippen LogP contribution is 2.34. The van der Waals surface area contributed by atoms with Crippen molar-refractivity contribution in [3.8, 4) is 0 Å². The number of carboxylic acids is 1. The van der Waals surface area contributed by atoms with Crippen LogP contribution in [0.1, 0.15) is 64.7 Å². The lowest BCUT2D eigenvalue weighted by Crippen LogP contribution is -2.19. The van der Waals surface area contributed by atoms with Gasteiger partial charge in [0.05, 0.1) is 12.2 Å². The molecule has 0 aliphatic heterocycles. The number of hydrogen-bond acceptors (Lipinski definition) is 4. The van der Waals surface area contributed by atoms with Gasteiger partial charge in [-0.25, -0.2) is 0 Å². The van der Waals surface area contributed by atoms with Crippen LogP contribution in [0, 0.1) is 11.8 Å². The Morgan fingerprint density at radius 2 is 2.04 bits per heavy atom.